The van der Waals surface area contributed by atoms with Crippen LogP contribution < -0.4 is 10.1 Å². The van der Waals surface area contributed by atoms with Crippen LogP contribution in [-0.4, -0.2) is 24.6 Å². The average Bonchev–Trinajstić information content (AvgIpc) is 2.63. The fraction of sp³-hybridized carbons (Fsp3) is 0.333. The first-order chi connectivity index (χ1) is 12.5. The molecule has 1 N–H and O–H groups in total. The maximum Gasteiger partial charge on any atom is 0.306 e. The Bertz CT molecular complexity index is 740. The second kappa shape index (κ2) is 9.61. The average molecular weight is 355 g/mol. The van der Waals surface area contributed by atoms with Gasteiger partial charge in [-0.2, -0.15) is 0 Å². The van der Waals surface area contributed by atoms with Gasteiger partial charge in [0.1, 0.15) is 5.75 Å². The molecule has 0 spiro atoms. The van der Waals surface area contributed by atoms with Crippen molar-refractivity contribution in [3.63, 3.8) is 0 Å². The van der Waals surface area contributed by atoms with Crippen LogP contribution >= 0.6 is 0 Å². The molecule has 0 saturated carbocycles. The summed E-state index contributed by atoms with van der Waals surface area (Å²) in [5, 5.41) is 2.74. The Hall–Kier alpha value is -2.82. The SMILES string of the molecule is CCOc1ccccc1CCC(=O)O[C@H](C)C(=O)Nc1ccc(C)cc1. The topological polar surface area (TPSA) is 64.6 Å². The highest BCUT2D eigenvalue weighted by atomic mass is 16.5. The Morgan fingerprint density at radius 1 is 1.08 bits per heavy atom. The lowest BCUT2D eigenvalue weighted by atomic mass is 10.1. The molecule has 5 nitrogen and oxygen atoms in total. The fourth-order valence-electron chi connectivity index (χ4n) is 2.43. The van der Waals surface area contributed by atoms with Gasteiger partial charge in [0.05, 0.1) is 6.61 Å². The maximum atomic E-state index is 12.1. The minimum absolute atomic E-state index is 0.187. The number of benzene rings is 2. The summed E-state index contributed by atoms with van der Waals surface area (Å²) in [6.45, 7) is 6.02. The van der Waals surface area contributed by atoms with E-state index in [-0.39, 0.29) is 12.3 Å². The van der Waals surface area contributed by atoms with Gasteiger partial charge in [0.15, 0.2) is 6.10 Å². The van der Waals surface area contributed by atoms with E-state index in [1.165, 1.54) is 0 Å². The first-order valence-electron chi connectivity index (χ1n) is 8.77. The third-order valence-corrected chi connectivity index (χ3v) is 3.87. The number of amides is 1. The highest BCUT2D eigenvalue weighted by Crippen LogP contribution is 2.20. The van der Waals surface area contributed by atoms with E-state index in [1.807, 2.05) is 62.4 Å². The van der Waals surface area contributed by atoms with Crippen LogP contribution in [0.4, 0.5) is 5.69 Å². The Balaban J connectivity index is 1.83. The molecule has 0 heterocycles. The van der Waals surface area contributed by atoms with E-state index in [2.05, 4.69) is 5.32 Å². The van der Waals surface area contributed by atoms with Crippen molar-refractivity contribution in [2.45, 2.75) is 39.7 Å². The van der Waals surface area contributed by atoms with Gasteiger partial charge in [0.25, 0.3) is 5.91 Å². The Kier molecular flexibility index (Phi) is 7.21. The minimum Gasteiger partial charge on any atom is -0.494 e. The van der Waals surface area contributed by atoms with E-state index < -0.39 is 12.1 Å². The molecule has 0 radical (unpaired) electrons. The number of hydrogen-bond donors (Lipinski definition) is 1. The largest absolute Gasteiger partial charge is 0.494 e. The summed E-state index contributed by atoms with van der Waals surface area (Å²) in [6, 6.07) is 15.0. The molecule has 2 rings (SSSR count). The van der Waals surface area contributed by atoms with Gasteiger partial charge in [-0.25, -0.2) is 0 Å². The van der Waals surface area contributed by atoms with Crippen LogP contribution in [0.3, 0.4) is 0 Å². The molecule has 0 aliphatic rings. The summed E-state index contributed by atoms with van der Waals surface area (Å²) < 4.78 is 10.8. The smallest absolute Gasteiger partial charge is 0.306 e. The predicted octanol–water partition coefficient (Wildman–Crippen LogP) is 3.90. The van der Waals surface area contributed by atoms with Crippen molar-refractivity contribution in [3.05, 3.63) is 59.7 Å². The lowest BCUT2D eigenvalue weighted by Gasteiger charge is -2.14. The molecule has 0 saturated heterocycles. The molecule has 26 heavy (non-hydrogen) atoms. The Labute approximate surface area is 154 Å². The molecule has 0 aromatic heterocycles. The molecule has 0 aliphatic carbocycles. The van der Waals surface area contributed by atoms with Crippen molar-refractivity contribution in [2.75, 3.05) is 11.9 Å². The third kappa shape index (κ3) is 5.92. The van der Waals surface area contributed by atoms with Crippen molar-refractivity contribution < 1.29 is 19.1 Å². The molecule has 0 bridgehead atoms. The van der Waals surface area contributed by atoms with Gasteiger partial charge in [0, 0.05) is 12.1 Å². The van der Waals surface area contributed by atoms with Crippen molar-refractivity contribution in [2.24, 2.45) is 0 Å². The minimum atomic E-state index is -0.856. The van der Waals surface area contributed by atoms with E-state index >= 15 is 0 Å². The van der Waals surface area contributed by atoms with E-state index in [4.69, 9.17) is 9.47 Å². The summed E-state index contributed by atoms with van der Waals surface area (Å²) in [5.41, 5.74) is 2.73. The quantitative estimate of drug-likeness (QED) is 0.730. The molecule has 2 aromatic carbocycles. The first kappa shape index (κ1) is 19.5. The number of para-hydroxylation sites is 1. The monoisotopic (exact) mass is 355 g/mol. The molecule has 5 heteroatoms. The van der Waals surface area contributed by atoms with Crippen molar-refractivity contribution >= 4 is 17.6 Å². The number of anilines is 1. The van der Waals surface area contributed by atoms with Gasteiger partial charge < -0.3 is 14.8 Å². The van der Waals surface area contributed by atoms with Crippen LogP contribution in [0.2, 0.25) is 0 Å². The highest BCUT2D eigenvalue weighted by molar-refractivity contribution is 5.95. The molecular formula is C21H25NO4. The third-order valence-electron chi connectivity index (χ3n) is 3.87. The van der Waals surface area contributed by atoms with E-state index in [1.54, 1.807) is 6.92 Å². The molecule has 2 aromatic rings. The van der Waals surface area contributed by atoms with Crippen LogP contribution in [0.1, 0.15) is 31.4 Å². The molecule has 1 amide bonds. The molecular weight excluding hydrogens is 330 g/mol. The van der Waals surface area contributed by atoms with Gasteiger partial charge in [-0.05, 0) is 51.0 Å². The van der Waals surface area contributed by atoms with Gasteiger partial charge in [-0.3, -0.25) is 9.59 Å². The summed E-state index contributed by atoms with van der Waals surface area (Å²) in [5.74, 6) is 0.00717. The second-order valence-electron chi connectivity index (χ2n) is 6.03. The number of rotatable bonds is 8. The van der Waals surface area contributed by atoms with Crippen LogP contribution in [0.15, 0.2) is 48.5 Å². The van der Waals surface area contributed by atoms with Gasteiger partial charge in [-0.1, -0.05) is 35.9 Å². The molecule has 0 fully saturated rings. The first-order valence-corrected chi connectivity index (χ1v) is 8.77. The van der Waals surface area contributed by atoms with Gasteiger partial charge in [0.2, 0.25) is 0 Å². The number of hydrogen-bond acceptors (Lipinski definition) is 4. The number of carbonyl (C=O) groups excluding carboxylic acids is 2. The zero-order valence-electron chi connectivity index (χ0n) is 15.5. The van der Waals surface area contributed by atoms with Gasteiger partial charge in [-0.15, -0.1) is 0 Å². The maximum absolute atomic E-state index is 12.1. The fourth-order valence-corrected chi connectivity index (χ4v) is 2.43. The van der Waals surface area contributed by atoms with Crippen LogP contribution in [0, 0.1) is 6.92 Å². The number of ether oxygens (including phenoxy) is 2. The highest BCUT2D eigenvalue weighted by Gasteiger charge is 2.18. The summed E-state index contributed by atoms with van der Waals surface area (Å²) >= 11 is 0. The molecule has 0 unspecified atom stereocenters. The van der Waals surface area contributed by atoms with Crippen molar-refractivity contribution in [1.29, 1.82) is 0 Å². The lowest BCUT2D eigenvalue weighted by molar-refractivity contribution is -0.153. The van der Waals surface area contributed by atoms with Crippen LogP contribution in [0.25, 0.3) is 0 Å². The Morgan fingerprint density at radius 2 is 1.77 bits per heavy atom. The summed E-state index contributed by atoms with van der Waals surface area (Å²) in [6.07, 6.45) is -0.168. The van der Waals surface area contributed by atoms with Crippen LogP contribution in [0.5, 0.6) is 5.75 Å². The molecule has 1 atom stereocenters. The normalized spacial score (nSPS) is 11.5. The van der Waals surface area contributed by atoms with Crippen LogP contribution in [-0.2, 0) is 20.7 Å². The standard InChI is InChI=1S/C21H25NO4/c1-4-25-19-8-6-5-7-17(19)11-14-20(23)26-16(3)21(24)22-18-12-9-15(2)10-13-18/h5-10,12-13,16H,4,11,14H2,1-3H3,(H,22,24)/t16-/m1/s1. The number of aryl methyl sites for hydroxylation is 2. The van der Waals surface area contributed by atoms with E-state index in [0.29, 0.717) is 18.7 Å². The molecule has 138 valence electrons. The van der Waals surface area contributed by atoms with E-state index in [9.17, 15) is 9.59 Å². The number of nitrogens with one attached hydrogen (secondary N) is 1. The second-order valence-corrected chi connectivity index (χ2v) is 6.03. The van der Waals surface area contributed by atoms with E-state index in [0.717, 1.165) is 16.9 Å². The van der Waals surface area contributed by atoms with Gasteiger partial charge >= 0.3 is 5.97 Å². The summed E-state index contributed by atoms with van der Waals surface area (Å²) in [4.78, 5) is 24.2. The predicted molar refractivity (Wildman–Crippen MR) is 101 cm³/mol. The lowest BCUT2D eigenvalue weighted by Crippen LogP contribution is -2.30. The molecule has 0 aliphatic heterocycles. The zero-order valence-corrected chi connectivity index (χ0v) is 15.5. The Morgan fingerprint density at radius 3 is 2.46 bits per heavy atom. The number of carbonyl (C=O) groups is 2. The van der Waals surface area contributed by atoms with Crippen molar-refractivity contribution in [3.8, 4) is 5.75 Å². The summed E-state index contributed by atoms with van der Waals surface area (Å²) in [7, 11) is 0. The number of esters is 1. The zero-order chi connectivity index (χ0) is 18.9. The van der Waals surface area contributed by atoms with Crippen molar-refractivity contribution in [1.82, 2.24) is 0 Å².